The molecular formula is C18H22N2O3. The van der Waals surface area contributed by atoms with Crippen LogP contribution in [-0.2, 0) is 6.42 Å². The van der Waals surface area contributed by atoms with Gasteiger partial charge >= 0.3 is 6.03 Å². The van der Waals surface area contributed by atoms with Crippen molar-refractivity contribution in [3.8, 4) is 0 Å². The van der Waals surface area contributed by atoms with Gasteiger partial charge in [0, 0.05) is 18.5 Å². The molecule has 1 aromatic carbocycles. The first kappa shape index (κ1) is 15.6. The van der Waals surface area contributed by atoms with Gasteiger partial charge in [0.25, 0.3) is 0 Å². The van der Waals surface area contributed by atoms with E-state index in [1.54, 1.807) is 6.26 Å². The summed E-state index contributed by atoms with van der Waals surface area (Å²) >= 11 is 0. The van der Waals surface area contributed by atoms with Crippen LogP contribution in [0.4, 0.5) is 4.79 Å². The van der Waals surface area contributed by atoms with E-state index in [1.165, 1.54) is 0 Å². The molecule has 2 atom stereocenters. The Morgan fingerprint density at radius 2 is 2.13 bits per heavy atom. The predicted molar refractivity (Wildman–Crippen MR) is 86.9 cm³/mol. The number of amides is 2. The molecule has 5 heteroatoms. The maximum Gasteiger partial charge on any atom is 0.315 e. The molecule has 2 amide bonds. The zero-order chi connectivity index (χ0) is 16.1. The maximum atomic E-state index is 12.0. The molecule has 1 aliphatic carbocycles. The van der Waals surface area contributed by atoms with Crippen molar-refractivity contribution >= 4 is 6.03 Å². The highest BCUT2D eigenvalue weighted by atomic mass is 16.3. The summed E-state index contributed by atoms with van der Waals surface area (Å²) in [5.74, 6) is 0.973. The Morgan fingerprint density at radius 3 is 2.96 bits per heavy atom. The zero-order valence-electron chi connectivity index (χ0n) is 13.0. The summed E-state index contributed by atoms with van der Waals surface area (Å²) in [7, 11) is 0. The van der Waals surface area contributed by atoms with Crippen molar-refractivity contribution in [1.29, 1.82) is 0 Å². The Hall–Kier alpha value is -2.27. The van der Waals surface area contributed by atoms with Crippen molar-refractivity contribution in [3.05, 3.63) is 59.5 Å². The van der Waals surface area contributed by atoms with Gasteiger partial charge in [-0.05, 0) is 30.9 Å². The Morgan fingerprint density at radius 1 is 1.30 bits per heavy atom. The van der Waals surface area contributed by atoms with Gasteiger partial charge in [0.2, 0.25) is 0 Å². The molecule has 1 aromatic heterocycles. The Kier molecular flexibility index (Phi) is 4.98. The number of carbonyl (C=O) groups is 1. The molecule has 0 bridgehead atoms. The fourth-order valence-corrected chi connectivity index (χ4v) is 3.01. The number of urea groups is 1. The van der Waals surface area contributed by atoms with Crippen molar-refractivity contribution in [2.45, 2.75) is 37.8 Å². The van der Waals surface area contributed by atoms with Crippen molar-refractivity contribution in [2.24, 2.45) is 0 Å². The molecule has 0 aliphatic heterocycles. The molecule has 0 saturated heterocycles. The van der Waals surface area contributed by atoms with E-state index in [0.29, 0.717) is 13.0 Å². The van der Waals surface area contributed by atoms with Crippen LogP contribution in [0.2, 0.25) is 0 Å². The molecule has 3 N–H and O–H groups in total. The summed E-state index contributed by atoms with van der Waals surface area (Å²) in [5, 5.41) is 15.9. The van der Waals surface area contributed by atoms with Gasteiger partial charge in [-0.2, -0.15) is 0 Å². The lowest BCUT2D eigenvalue weighted by Gasteiger charge is -2.23. The minimum atomic E-state index is -0.563. The molecule has 3 rings (SSSR count). The van der Waals surface area contributed by atoms with E-state index in [9.17, 15) is 9.90 Å². The van der Waals surface area contributed by atoms with E-state index in [2.05, 4.69) is 10.6 Å². The number of aryl methyl sites for hydroxylation is 1. The molecule has 0 spiro atoms. The van der Waals surface area contributed by atoms with Gasteiger partial charge in [-0.3, -0.25) is 0 Å². The van der Waals surface area contributed by atoms with Gasteiger partial charge < -0.3 is 20.2 Å². The smallest absolute Gasteiger partial charge is 0.315 e. The predicted octanol–water partition coefficient (Wildman–Crippen LogP) is 3.08. The van der Waals surface area contributed by atoms with Gasteiger partial charge in [0.1, 0.15) is 5.76 Å². The van der Waals surface area contributed by atoms with Crippen LogP contribution in [0.15, 0.2) is 47.1 Å². The van der Waals surface area contributed by atoms with Crippen LogP contribution >= 0.6 is 0 Å². The van der Waals surface area contributed by atoms with Gasteiger partial charge in [-0.25, -0.2) is 4.79 Å². The summed E-state index contributed by atoms with van der Waals surface area (Å²) in [4.78, 5) is 12.0. The zero-order valence-corrected chi connectivity index (χ0v) is 13.0. The van der Waals surface area contributed by atoms with E-state index < -0.39 is 6.10 Å². The molecule has 1 aliphatic rings. The van der Waals surface area contributed by atoms with Gasteiger partial charge in [-0.1, -0.05) is 30.3 Å². The quantitative estimate of drug-likeness (QED) is 0.794. The molecule has 0 saturated carbocycles. The molecule has 5 nitrogen and oxygen atoms in total. The lowest BCUT2D eigenvalue weighted by atomic mass is 9.93. The van der Waals surface area contributed by atoms with Crippen LogP contribution in [-0.4, -0.2) is 17.7 Å². The molecule has 1 heterocycles. The highest BCUT2D eigenvalue weighted by Gasteiger charge is 2.23. The highest BCUT2D eigenvalue weighted by Crippen LogP contribution is 2.30. The van der Waals surface area contributed by atoms with Crippen molar-refractivity contribution in [1.82, 2.24) is 10.6 Å². The molecule has 0 radical (unpaired) electrons. The van der Waals surface area contributed by atoms with Crippen molar-refractivity contribution in [3.63, 3.8) is 0 Å². The lowest BCUT2D eigenvalue weighted by Crippen LogP contribution is -2.39. The van der Waals surface area contributed by atoms with Crippen LogP contribution in [0.3, 0.4) is 0 Å². The molecule has 2 aromatic rings. The van der Waals surface area contributed by atoms with Gasteiger partial charge in [0.15, 0.2) is 0 Å². The first-order valence-electron chi connectivity index (χ1n) is 8.07. The number of fused-ring (bicyclic) bond motifs is 1. The van der Waals surface area contributed by atoms with Crippen LogP contribution in [0.1, 0.15) is 48.3 Å². The summed E-state index contributed by atoms with van der Waals surface area (Å²) in [6, 6.07) is 11.2. The summed E-state index contributed by atoms with van der Waals surface area (Å²) in [6.07, 6.45) is 4.47. The Labute approximate surface area is 135 Å². The molecule has 23 heavy (non-hydrogen) atoms. The number of nitrogens with one attached hydrogen (secondary N) is 2. The third-order valence-electron chi connectivity index (χ3n) is 4.24. The van der Waals surface area contributed by atoms with Crippen molar-refractivity contribution < 1.29 is 14.3 Å². The number of hydrogen-bond acceptors (Lipinski definition) is 3. The fourth-order valence-electron chi connectivity index (χ4n) is 3.01. The number of aliphatic hydroxyl groups excluding tert-OH is 1. The second kappa shape index (κ2) is 7.33. The first-order chi connectivity index (χ1) is 11.2. The number of benzene rings is 1. The molecule has 0 fully saturated rings. The van der Waals surface area contributed by atoms with Crippen LogP contribution in [0.25, 0.3) is 0 Å². The molecule has 122 valence electrons. The number of hydrogen-bond donors (Lipinski definition) is 3. The normalized spacial score (nSPS) is 18.0. The van der Waals surface area contributed by atoms with Crippen LogP contribution < -0.4 is 10.6 Å². The highest BCUT2D eigenvalue weighted by molar-refractivity contribution is 5.74. The number of furan rings is 1. The van der Waals surface area contributed by atoms with Gasteiger partial charge in [0.05, 0.1) is 18.4 Å². The standard InChI is InChI=1S/C18H22N2O3/c21-16(13-5-2-1-3-6-13)9-11-19-18(22)20-15-7-4-8-17-14(15)10-12-23-17/h1-3,5-6,10,12,15-16,21H,4,7-9,11H2,(H2,19,20,22). The second-order valence-corrected chi connectivity index (χ2v) is 5.86. The number of carbonyl (C=O) groups excluding carboxylic acids is 1. The maximum absolute atomic E-state index is 12.0. The number of aliphatic hydroxyl groups is 1. The third-order valence-corrected chi connectivity index (χ3v) is 4.24. The van der Waals surface area contributed by atoms with Gasteiger partial charge in [-0.15, -0.1) is 0 Å². The SMILES string of the molecule is O=C(NCCC(O)c1ccccc1)NC1CCCc2occc21. The minimum absolute atomic E-state index is 0.0107. The van der Waals surface area contributed by atoms with E-state index in [1.807, 2.05) is 36.4 Å². The van der Waals surface area contributed by atoms with Crippen molar-refractivity contribution in [2.75, 3.05) is 6.54 Å². The van der Waals surface area contributed by atoms with E-state index in [-0.39, 0.29) is 12.1 Å². The van der Waals surface area contributed by atoms with E-state index in [4.69, 9.17) is 4.42 Å². The summed E-state index contributed by atoms with van der Waals surface area (Å²) in [6.45, 7) is 0.423. The topological polar surface area (TPSA) is 74.5 Å². The summed E-state index contributed by atoms with van der Waals surface area (Å²) < 4.78 is 5.42. The fraction of sp³-hybridized carbons (Fsp3) is 0.389. The average molecular weight is 314 g/mol. The first-order valence-corrected chi connectivity index (χ1v) is 8.07. The molecular weight excluding hydrogens is 292 g/mol. The second-order valence-electron chi connectivity index (χ2n) is 5.86. The van der Waals surface area contributed by atoms with Crippen LogP contribution in [0, 0.1) is 0 Å². The summed E-state index contributed by atoms with van der Waals surface area (Å²) in [5.41, 5.74) is 1.95. The van der Waals surface area contributed by atoms with E-state index >= 15 is 0 Å². The lowest BCUT2D eigenvalue weighted by molar-refractivity contribution is 0.166. The van der Waals surface area contributed by atoms with E-state index in [0.717, 1.165) is 36.1 Å². The third kappa shape index (κ3) is 3.93. The largest absolute Gasteiger partial charge is 0.469 e. The minimum Gasteiger partial charge on any atom is -0.469 e. The van der Waals surface area contributed by atoms with Crippen LogP contribution in [0.5, 0.6) is 0 Å². The Bertz CT molecular complexity index is 639. The number of rotatable bonds is 5. The Balaban J connectivity index is 1.44. The average Bonchev–Trinajstić information content (AvgIpc) is 3.05. The monoisotopic (exact) mass is 314 g/mol. The molecule has 2 unspecified atom stereocenters.